The summed E-state index contributed by atoms with van der Waals surface area (Å²) in [6.07, 6.45) is 3.10. The minimum absolute atomic E-state index is 0.0103. The van der Waals surface area contributed by atoms with Crippen LogP contribution >= 0.6 is 11.6 Å². The highest BCUT2D eigenvalue weighted by molar-refractivity contribution is 6.32. The second-order valence-electron chi connectivity index (χ2n) is 6.72. The third-order valence-corrected chi connectivity index (χ3v) is 5.04. The van der Waals surface area contributed by atoms with Crippen LogP contribution in [0.5, 0.6) is 0 Å². The molecular weight excluding hydrogens is 428 g/mol. The van der Waals surface area contributed by atoms with Crippen LogP contribution in [0.4, 0.5) is 33.2 Å². The van der Waals surface area contributed by atoms with Crippen LogP contribution in [-0.2, 0) is 0 Å². The fraction of sp³-hybridized carbons (Fsp3) is 0. The molecule has 0 radical (unpaired) electrons. The number of urea groups is 1. The Labute approximate surface area is 189 Å². The quantitative estimate of drug-likeness (QED) is 0.252. The molecule has 0 saturated heterocycles. The van der Waals surface area contributed by atoms with Crippen molar-refractivity contribution >= 4 is 46.1 Å². The van der Waals surface area contributed by atoms with Gasteiger partial charge < -0.3 is 0 Å². The SMILES string of the molecule is O=C(N(c1ccccc1)c1ccccc1)N(c1ccncc1)c1ccc(Cl)c([N+](=O)[O-])c1. The highest BCUT2D eigenvalue weighted by Crippen LogP contribution is 2.36. The Hall–Kier alpha value is -4.23. The molecule has 3 aromatic carbocycles. The molecule has 4 aromatic rings. The Morgan fingerprint density at radius 2 is 1.25 bits per heavy atom. The number of nitro benzene ring substituents is 1. The lowest BCUT2D eigenvalue weighted by molar-refractivity contribution is -0.384. The molecule has 32 heavy (non-hydrogen) atoms. The molecule has 0 fully saturated rings. The number of para-hydroxylation sites is 2. The van der Waals surface area contributed by atoms with E-state index in [-0.39, 0.29) is 10.7 Å². The molecule has 0 aliphatic carbocycles. The van der Waals surface area contributed by atoms with E-state index < -0.39 is 11.0 Å². The first kappa shape index (κ1) is 21.0. The molecule has 2 amide bonds. The minimum Gasteiger partial charge on any atom is -0.265 e. The molecule has 0 spiro atoms. The molecule has 0 aliphatic heterocycles. The maximum absolute atomic E-state index is 14.0. The van der Waals surface area contributed by atoms with Gasteiger partial charge in [-0.05, 0) is 48.5 Å². The number of benzene rings is 3. The van der Waals surface area contributed by atoms with Crippen molar-refractivity contribution in [2.24, 2.45) is 0 Å². The van der Waals surface area contributed by atoms with Crippen molar-refractivity contribution in [3.63, 3.8) is 0 Å². The number of hydrogen-bond donors (Lipinski definition) is 0. The van der Waals surface area contributed by atoms with Crippen LogP contribution in [0.2, 0.25) is 5.02 Å². The first-order chi connectivity index (χ1) is 15.6. The number of nitrogens with zero attached hydrogens (tertiary/aromatic N) is 4. The molecule has 158 valence electrons. The maximum Gasteiger partial charge on any atom is 0.338 e. The van der Waals surface area contributed by atoms with E-state index in [2.05, 4.69) is 4.98 Å². The molecule has 1 aromatic heterocycles. The minimum atomic E-state index is -0.576. The molecule has 0 N–H and O–H groups in total. The Bertz CT molecular complexity index is 1200. The third kappa shape index (κ3) is 4.28. The average Bonchev–Trinajstić information content (AvgIpc) is 2.82. The van der Waals surface area contributed by atoms with Crippen molar-refractivity contribution in [3.8, 4) is 0 Å². The monoisotopic (exact) mass is 444 g/mol. The number of carbonyl (C=O) groups is 1. The molecule has 0 unspecified atom stereocenters. The van der Waals surface area contributed by atoms with Crippen LogP contribution in [0.3, 0.4) is 0 Å². The standard InChI is InChI=1S/C24H17ClN4O3/c25-22-12-11-21(17-23(22)29(31)32)28(20-13-15-26-16-14-20)24(30)27(18-7-3-1-4-8-18)19-9-5-2-6-10-19/h1-17H. The lowest BCUT2D eigenvalue weighted by Crippen LogP contribution is -2.38. The number of hydrogen-bond acceptors (Lipinski definition) is 4. The summed E-state index contributed by atoms with van der Waals surface area (Å²) in [7, 11) is 0. The number of carbonyl (C=O) groups excluding carboxylic acids is 1. The van der Waals surface area contributed by atoms with Crippen LogP contribution in [0.15, 0.2) is 103 Å². The zero-order valence-electron chi connectivity index (χ0n) is 16.7. The lowest BCUT2D eigenvalue weighted by Gasteiger charge is -2.31. The molecule has 0 atom stereocenters. The normalized spacial score (nSPS) is 10.4. The van der Waals surface area contributed by atoms with E-state index in [1.54, 1.807) is 35.5 Å². The van der Waals surface area contributed by atoms with E-state index in [0.717, 1.165) is 0 Å². The van der Waals surface area contributed by atoms with E-state index in [1.165, 1.54) is 17.0 Å². The zero-order valence-corrected chi connectivity index (χ0v) is 17.5. The van der Waals surface area contributed by atoms with E-state index >= 15 is 0 Å². The Morgan fingerprint density at radius 1 is 0.750 bits per heavy atom. The van der Waals surface area contributed by atoms with Gasteiger partial charge in [0, 0.05) is 18.5 Å². The zero-order chi connectivity index (χ0) is 22.5. The van der Waals surface area contributed by atoms with Crippen molar-refractivity contribution in [1.82, 2.24) is 4.98 Å². The van der Waals surface area contributed by atoms with Gasteiger partial charge in [0.15, 0.2) is 0 Å². The van der Waals surface area contributed by atoms with Gasteiger partial charge in [0.25, 0.3) is 5.69 Å². The summed E-state index contributed by atoms with van der Waals surface area (Å²) >= 11 is 6.01. The predicted octanol–water partition coefficient (Wildman–Crippen LogP) is 6.74. The van der Waals surface area contributed by atoms with Gasteiger partial charge in [0.1, 0.15) is 5.02 Å². The Balaban J connectivity index is 1.90. The van der Waals surface area contributed by atoms with Crippen molar-refractivity contribution in [3.05, 3.63) is 119 Å². The van der Waals surface area contributed by atoms with Gasteiger partial charge >= 0.3 is 6.03 Å². The van der Waals surface area contributed by atoms with Crippen molar-refractivity contribution in [2.45, 2.75) is 0 Å². The number of halogens is 1. The average molecular weight is 445 g/mol. The van der Waals surface area contributed by atoms with E-state index in [4.69, 9.17) is 11.6 Å². The van der Waals surface area contributed by atoms with Gasteiger partial charge in [0.05, 0.1) is 27.7 Å². The van der Waals surface area contributed by atoms with Gasteiger partial charge in [0.2, 0.25) is 0 Å². The first-order valence-electron chi connectivity index (χ1n) is 9.64. The second kappa shape index (κ2) is 9.28. The number of aromatic nitrogens is 1. The van der Waals surface area contributed by atoms with E-state index in [0.29, 0.717) is 22.7 Å². The lowest BCUT2D eigenvalue weighted by atomic mass is 10.2. The molecule has 0 saturated carbocycles. The molecule has 4 rings (SSSR count). The van der Waals surface area contributed by atoms with Crippen molar-refractivity contribution in [1.29, 1.82) is 0 Å². The smallest absolute Gasteiger partial charge is 0.265 e. The number of amides is 2. The predicted molar refractivity (Wildman–Crippen MR) is 125 cm³/mol. The van der Waals surface area contributed by atoms with E-state index in [1.807, 2.05) is 60.7 Å². The fourth-order valence-electron chi connectivity index (χ4n) is 3.27. The maximum atomic E-state index is 14.0. The summed E-state index contributed by atoms with van der Waals surface area (Å²) in [6, 6.07) is 25.5. The molecule has 1 heterocycles. The highest BCUT2D eigenvalue weighted by atomic mass is 35.5. The molecule has 0 bridgehead atoms. The van der Waals surface area contributed by atoms with Crippen LogP contribution in [0.25, 0.3) is 0 Å². The summed E-state index contributed by atoms with van der Waals surface area (Å²) in [5.74, 6) is 0. The van der Waals surface area contributed by atoms with Crippen LogP contribution in [-0.4, -0.2) is 15.9 Å². The van der Waals surface area contributed by atoms with Crippen molar-refractivity contribution in [2.75, 3.05) is 9.80 Å². The van der Waals surface area contributed by atoms with E-state index in [9.17, 15) is 14.9 Å². The van der Waals surface area contributed by atoms with Gasteiger partial charge in [-0.25, -0.2) is 4.79 Å². The van der Waals surface area contributed by atoms with Crippen molar-refractivity contribution < 1.29 is 9.72 Å². The largest absolute Gasteiger partial charge is 0.338 e. The van der Waals surface area contributed by atoms with Crippen LogP contribution in [0.1, 0.15) is 0 Å². The van der Waals surface area contributed by atoms with Crippen LogP contribution < -0.4 is 9.80 Å². The van der Waals surface area contributed by atoms with Gasteiger partial charge in [-0.2, -0.15) is 0 Å². The molecule has 0 aliphatic rings. The number of nitro groups is 1. The fourth-order valence-corrected chi connectivity index (χ4v) is 3.45. The summed E-state index contributed by atoms with van der Waals surface area (Å²) in [5, 5.41) is 11.5. The number of pyridine rings is 1. The Morgan fingerprint density at radius 3 is 1.78 bits per heavy atom. The number of anilines is 4. The molecule has 8 heteroatoms. The van der Waals surface area contributed by atoms with Gasteiger partial charge in [-0.1, -0.05) is 48.0 Å². The second-order valence-corrected chi connectivity index (χ2v) is 7.13. The molecule has 7 nitrogen and oxygen atoms in total. The van der Waals surface area contributed by atoms with Crippen LogP contribution in [0, 0.1) is 10.1 Å². The summed E-state index contributed by atoms with van der Waals surface area (Å²) < 4.78 is 0. The molecular formula is C24H17ClN4O3. The Kier molecular flexibility index (Phi) is 6.10. The number of rotatable bonds is 5. The summed E-state index contributed by atoms with van der Waals surface area (Å²) in [5.41, 5.74) is 1.80. The van der Waals surface area contributed by atoms with Gasteiger partial charge in [-0.3, -0.25) is 24.9 Å². The van der Waals surface area contributed by atoms with Gasteiger partial charge in [-0.15, -0.1) is 0 Å². The summed E-state index contributed by atoms with van der Waals surface area (Å²) in [6.45, 7) is 0. The third-order valence-electron chi connectivity index (χ3n) is 4.72. The highest BCUT2D eigenvalue weighted by Gasteiger charge is 2.28. The summed E-state index contributed by atoms with van der Waals surface area (Å²) in [4.78, 5) is 31.9. The topological polar surface area (TPSA) is 79.6 Å². The first-order valence-corrected chi connectivity index (χ1v) is 10.0.